The fourth-order valence-corrected chi connectivity index (χ4v) is 3.98. The van der Waals surface area contributed by atoms with Crippen molar-refractivity contribution in [3.05, 3.63) is 95.1 Å². The van der Waals surface area contributed by atoms with Crippen LogP contribution in [0.3, 0.4) is 0 Å². The highest BCUT2D eigenvalue weighted by Crippen LogP contribution is 2.30. The molecule has 0 atom stereocenters. The molecule has 0 saturated carbocycles. The van der Waals surface area contributed by atoms with Crippen molar-refractivity contribution in [2.45, 2.75) is 24.8 Å². The van der Waals surface area contributed by atoms with E-state index in [9.17, 15) is 8.78 Å². The van der Waals surface area contributed by atoms with Crippen LogP contribution in [0.2, 0.25) is 0 Å². The minimum absolute atomic E-state index is 0.251. The first kappa shape index (κ1) is 19.3. The topological polar surface area (TPSA) is 30.7 Å². The molecule has 1 aromatic heterocycles. The lowest BCUT2D eigenvalue weighted by molar-refractivity contribution is 0.591. The number of nitrogens with zero attached hydrogens (tertiary/aromatic N) is 3. The van der Waals surface area contributed by atoms with Crippen LogP contribution in [-0.2, 0) is 5.75 Å². The maximum atomic E-state index is 14.0. The van der Waals surface area contributed by atoms with E-state index in [2.05, 4.69) is 16.3 Å². The van der Waals surface area contributed by atoms with Crippen LogP contribution in [0.1, 0.15) is 16.7 Å². The van der Waals surface area contributed by atoms with Gasteiger partial charge in [-0.15, -0.1) is 10.2 Å². The molecule has 0 saturated heterocycles. The highest BCUT2D eigenvalue weighted by Gasteiger charge is 2.17. The molecule has 0 radical (unpaired) electrons. The molecule has 3 aromatic carbocycles. The van der Waals surface area contributed by atoms with Crippen LogP contribution in [0.25, 0.3) is 17.1 Å². The molecule has 3 nitrogen and oxygen atoms in total. The predicted octanol–water partition coefficient (Wildman–Crippen LogP) is 6.12. The van der Waals surface area contributed by atoms with Crippen LogP contribution in [0.5, 0.6) is 0 Å². The first-order chi connectivity index (χ1) is 14.0. The second-order valence-electron chi connectivity index (χ2n) is 6.87. The number of hydrogen-bond donors (Lipinski definition) is 0. The van der Waals surface area contributed by atoms with Gasteiger partial charge in [0, 0.05) is 22.6 Å². The molecule has 146 valence electrons. The Hall–Kier alpha value is -2.99. The molecule has 29 heavy (non-hydrogen) atoms. The Labute approximate surface area is 172 Å². The number of benzene rings is 3. The quantitative estimate of drug-likeness (QED) is 0.373. The van der Waals surface area contributed by atoms with Crippen molar-refractivity contribution in [1.29, 1.82) is 0 Å². The molecular weight excluding hydrogens is 388 g/mol. The summed E-state index contributed by atoms with van der Waals surface area (Å²) < 4.78 is 29.5. The highest BCUT2D eigenvalue weighted by atomic mass is 32.2. The van der Waals surface area contributed by atoms with Gasteiger partial charge in [-0.1, -0.05) is 53.2 Å². The van der Waals surface area contributed by atoms with Crippen LogP contribution in [0.15, 0.2) is 71.9 Å². The molecule has 0 aliphatic rings. The average molecular weight is 407 g/mol. The third-order valence-corrected chi connectivity index (χ3v) is 5.54. The molecule has 0 N–H and O–H groups in total. The zero-order valence-corrected chi connectivity index (χ0v) is 16.9. The van der Waals surface area contributed by atoms with E-state index in [1.54, 1.807) is 0 Å². The highest BCUT2D eigenvalue weighted by molar-refractivity contribution is 7.98. The maximum absolute atomic E-state index is 14.0. The minimum Gasteiger partial charge on any atom is -0.270 e. The van der Waals surface area contributed by atoms with E-state index < -0.39 is 11.6 Å². The monoisotopic (exact) mass is 407 g/mol. The summed E-state index contributed by atoms with van der Waals surface area (Å²) >= 11 is 1.32. The van der Waals surface area contributed by atoms with Gasteiger partial charge in [0.05, 0.1) is 0 Å². The van der Waals surface area contributed by atoms with Crippen LogP contribution in [-0.4, -0.2) is 14.8 Å². The molecular formula is C23H19F2N3S. The number of rotatable bonds is 5. The summed E-state index contributed by atoms with van der Waals surface area (Å²) in [5.41, 5.74) is 4.43. The van der Waals surface area contributed by atoms with Gasteiger partial charge in [0.1, 0.15) is 11.6 Å². The van der Waals surface area contributed by atoms with E-state index in [4.69, 9.17) is 0 Å². The van der Waals surface area contributed by atoms with Gasteiger partial charge in [-0.25, -0.2) is 8.78 Å². The van der Waals surface area contributed by atoms with Crippen LogP contribution >= 0.6 is 11.8 Å². The largest absolute Gasteiger partial charge is 0.270 e. The van der Waals surface area contributed by atoms with Crippen molar-refractivity contribution in [1.82, 2.24) is 14.8 Å². The van der Waals surface area contributed by atoms with Gasteiger partial charge in [0.25, 0.3) is 0 Å². The second-order valence-corrected chi connectivity index (χ2v) is 7.81. The van der Waals surface area contributed by atoms with Crippen LogP contribution in [0, 0.1) is 25.5 Å². The van der Waals surface area contributed by atoms with Crippen molar-refractivity contribution in [2.24, 2.45) is 0 Å². The molecule has 0 amide bonds. The zero-order chi connectivity index (χ0) is 20.4. The van der Waals surface area contributed by atoms with E-state index in [-0.39, 0.29) is 5.75 Å². The molecule has 4 aromatic rings. The Kier molecular flexibility index (Phi) is 5.45. The van der Waals surface area contributed by atoms with Crippen molar-refractivity contribution in [3.63, 3.8) is 0 Å². The normalized spacial score (nSPS) is 11.0. The summed E-state index contributed by atoms with van der Waals surface area (Å²) in [6.07, 6.45) is 0. The van der Waals surface area contributed by atoms with Gasteiger partial charge >= 0.3 is 0 Å². The molecule has 1 heterocycles. The number of hydrogen-bond acceptors (Lipinski definition) is 3. The SMILES string of the molecule is Cc1ccc(-n2c(SCc3cc(F)ccc3F)nnc2-c2cccc(C)c2)cc1. The zero-order valence-electron chi connectivity index (χ0n) is 16.1. The first-order valence-corrected chi connectivity index (χ1v) is 10.2. The van der Waals surface area contributed by atoms with Crippen LogP contribution < -0.4 is 0 Å². The summed E-state index contributed by atoms with van der Waals surface area (Å²) in [5.74, 6) is 0.0722. The number of thioether (sulfide) groups is 1. The first-order valence-electron chi connectivity index (χ1n) is 9.17. The fourth-order valence-electron chi connectivity index (χ4n) is 3.06. The molecule has 0 aliphatic carbocycles. The predicted molar refractivity (Wildman–Crippen MR) is 112 cm³/mol. The van der Waals surface area contributed by atoms with Crippen molar-refractivity contribution in [2.75, 3.05) is 0 Å². The summed E-state index contributed by atoms with van der Waals surface area (Å²) in [5, 5.41) is 9.37. The molecule has 4 rings (SSSR count). The third kappa shape index (κ3) is 4.22. The summed E-state index contributed by atoms with van der Waals surface area (Å²) in [4.78, 5) is 0. The molecule has 0 unspecified atom stereocenters. The summed E-state index contributed by atoms with van der Waals surface area (Å²) in [7, 11) is 0. The molecule has 6 heteroatoms. The van der Waals surface area contributed by atoms with Crippen molar-refractivity contribution < 1.29 is 8.78 Å². The lowest BCUT2D eigenvalue weighted by Crippen LogP contribution is -2.00. The number of halogens is 2. The van der Waals surface area contributed by atoms with E-state index in [1.807, 2.05) is 60.9 Å². The van der Waals surface area contributed by atoms with Crippen molar-refractivity contribution >= 4 is 11.8 Å². The summed E-state index contributed by atoms with van der Waals surface area (Å²) in [6.45, 7) is 4.05. The van der Waals surface area contributed by atoms with E-state index >= 15 is 0 Å². The van der Waals surface area contributed by atoms with Gasteiger partial charge in [-0.3, -0.25) is 4.57 Å². The van der Waals surface area contributed by atoms with Crippen LogP contribution in [0.4, 0.5) is 8.78 Å². The average Bonchev–Trinajstić information content (AvgIpc) is 3.13. The maximum Gasteiger partial charge on any atom is 0.196 e. The Bertz CT molecular complexity index is 1150. The van der Waals surface area contributed by atoms with E-state index in [0.717, 1.165) is 34.5 Å². The van der Waals surface area contributed by atoms with Gasteiger partial charge in [-0.05, 0) is 50.2 Å². The lowest BCUT2D eigenvalue weighted by atomic mass is 10.1. The number of aryl methyl sites for hydroxylation is 2. The second kappa shape index (κ2) is 8.17. The Morgan fingerprint density at radius 3 is 2.41 bits per heavy atom. The molecule has 0 bridgehead atoms. The Balaban J connectivity index is 1.75. The van der Waals surface area contributed by atoms with Gasteiger partial charge < -0.3 is 0 Å². The Morgan fingerprint density at radius 1 is 0.862 bits per heavy atom. The lowest BCUT2D eigenvalue weighted by Gasteiger charge is -2.11. The van der Waals surface area contributed by atoms with E-state index in [0.29, 0.717) is 16.5 Å². The van der Waals surface area contributed by atoms with Gasteiger partial charge in [0.2, 0.25) is 0 Å². The van der Waals surface area contributed by atoms with Gasteiger partial charge in [0.15, 0.2) is 11.0 Å². The smallest absolute Gasteiger partial charge is 0.196 e. The number of aromatic nitrogens is 3. The standard InChI is InChI=1S/C23H19F2N3S/c1-15-6-9-20(10-7-15)28-22(17-5-3-4-16(2)12-17)26-27-23(28)29-14-18-13-19(24)8-11-21(18)25/h3-13H,14H2,1-2H3. The Morgan fingerprint density at radius 2 is 1.66 bits per heavy atom. The molecule has 0 spiro atoms. The van der Waals surface area contributed by atoms with Gasteiger partial charge in [-0.2, -0.15) is 0 Å². The minimum atomic E-state index is -0.456. The third-order valence-electron chi connectivity index (χ3n) is 4.57. The van der Waals surface area contributed by atoms with Crippen molar-refractivity contribution in [3.8, 4) is 17.1 Å². The molecule has 0 fully saturated rings. The van der Waals surface area contributed by atoms with E-state index in [1.165, 1.54) is 17.8 Å². The fraction of sp³-hybridized carbons (Fsp3) is 0.130. The molecule has 0 aliphatic heterocycles. The summed E-state index contributed by atoms with van der Waals surface area (Å²) in [6, 6.07) is 19.6.